The lowest BCUT2D eigenvalue weighted by molar-refractivity contribution is -0.870. The quantitative estimate of drug-likeness (QED) is 0.0274. The van der Waals surface area contributed by atoms with E-state index in [4.69, 9.17) is 9.05 Å². The zero-order valence-corrected chi connectivity index (χ0v) is 39.6. The summed E-state index contributed by atoms with van der Waals surface area (Å²) in [5, 5.41) is 13.9. The van der Waals surface area contributed by atoms with Gasteiger partial charge in [0.05, 0.1) is 39.9 Å². The van der Waals surface area contributed by atoms with E-state index in [2.05, 4.69) is 55.6 Å². The molecule has 0 aliphatic rings. The van der Waals surface area contributed by atoms with Crippen molar-refractivity contribution in [2.24, 2.45) is 0 Å². The first kappa shape index (κ1) is 56.7. The predicted octanol–water partition coefficient (Wildman–Crippen LogP) is 13.2. The van der Waals surface area contributed by atoms with Crippen LogP contribution in [0.5, 0.6) is 0 Å². The number of hydrogen-bond acceptors (Lipinski definition) is 6. The first-order valence-electron chi connectivity index (χ1n) is 24.3. The van der Waals surface area contributed by atoms with Gasteiger partial charge in [-0.2, -0.15) is 0 Å². The van der Waals surface area contributed by atoms with Crippen LogP contribution in [0.4, 0.5) is 0 Å². The Balaban J connectivity index is 4.19. The van der Waals surface area contributed by atoms with E-state index in [9.17, 15) is 19.4 Å². The van der Waals surface area contributed by atoms with Crippen molar-refractivity contribution in [3.63, 3.8) is 0 Å². The maximum atomic E-state index is 12.9. The number of phosphoric acid groups is 1. The average Bonchev–Trinajstić information content (AvgIpc) is 3.17. The molecule has 1 amide bonds. The van der Waals surface area contributed by atoms with E-state index in [0.717, 1.165) is 51.4 Å². The fraction of sp³-hybridized carbons (Fsp3) is 0.857. The highest BCUT2D eigenvalue weighted by Gasteiger charge is 2.24. The van der Waals surface area contributed by atoms with E-state index < -0.39 is 20.0 Å². The minimum Gasteiger partial charge on any atom is -0.756 e. The SMILES string of the molecule is CCCCCCC/C=C\C/C=C\C/C=C\CCCCCCCCCCCCC(=O)NC(COP(=O)([O-])OCC[N+](C)(C)C)C(O)CCCCCCCCCCCCC. The van der Waals surface area contributed by atoms with E-state index >= 15 is 0 Å². The van der Waals surface area contributed by atoms with Crippen LogP contribution in [0.3, 0.4) is 0 Å². The lowest BCUT2D eigenvalue weighted by Gasteiger charge is -2.30. The predicted molar refractivity (Wildman–Crippen MR) is 247 cm³/mol. The summed E-state index contributed by atoms with van der Waals surface area (Å²) >= 11 is 0. The Morgan fingerprint density at radius 1 is 0.603 bits per heavy atom. The molecule has 0 radical (unpaired) electrons. The summed E-state index contributed by atoms with van der Waals surface area (Å²) in [5.41, 5.74) is 0. The van der Waals surface area contributed by atoms with Gasteiger partial charge in [0.15, 0.2) is 0 Å². The molecule has 0 aromatic carbocycles. The van der Waals surface area contributed by atoms with Gasteiger partial charge in [-0.1, -0.05) is 198 Å². The minimum absolute atomic E-state index is 0.0109. The second-order valence-electron chi connectivity index (χ2n) is 17.8. The van der Waals surface area contributed by atoms with Gasteiger partial charge >= 0.3 is 0 Å². The molecule has 0 aromatic heterocycles. The van der Waals surface area contributed by atoms with Crippen LogP contribution < -0.4 is 10.2 Å². The standard InChI is InChI=1S/C49H95N2O6P/c1-6-8-10-12-14-16-18-19-20-21-22-23-24-25-26-27-28-29-30-31-33-35-37-39-41-43-49(53)50-47(46-57-58(54,55)56-45-44-51(3,4)5)48(52)42-40-38-36-34-32-17-15-13-11-9-7-2/h18-19,21-22,24-25,47-48,52H,6-17,20,23,26-46H2,1-5H3,(H-,50,53,54,55)/b19-18-,22-21-,25-24-. The van der Waals surface area contributed by atoms with Crippen LogP contribution in [0.25, 0.3) is 0 Å². The number of rotatable bonds is 44. The zero-order valence-electron chi connectivity index (χ0n) is 38.8. The second-order valence-corrected chi connectivity index (χ2v) is 19.2. The number of aliphatic hydroxyl groups is 1. The van der Waals surface area contributed by atoms with Crippen LogP contribution >= 0.6 is 7.82 Å². The van der Waals surface area contributed by atoms with Crippen molar-refractivity contribution in [3.8, 4) is 0 Å². The molecule has 0 aliphatic carbocycles. The lowest BCUT2D eigenvalue weighted by atomic mass is 10.0. The van der Waals surface area contributed by atoms with Gasteiger partial charge in [-0.25, -0.2) is 0 Å². The fourth-order valence-corrected chi connectivity index (χ4v) is 7.71. The number of likely N-dealkylation sites (N-methyl/N-ethyl adjacent to an activating group) is 1. The van der Waals surface area contributed by atoms with Gasteiger partial charge in [0.1, 0.15) is 13.2 Å². The summed E-state index contributed by atoms with van der Waals surface area (Å²) < 4.78 is 23.3. The van der Waals surface area contributed by atoms with Crippen LogP contribution in [-0.4, -0.2) is 68.5 Å². The summed E-state index contributed by atoms with van der Waals surface area (Å²) in [6.07, 6.45) is 50.1. The Bertz CT molecular complexity index is 1040. The van der Waals surface area contributed by atoms with E-state index in [1.807, 2.05) is 21.1 Å². The summed E-state index contributed by atoms with van der Waals surface area (Å²) in [6.45, 7) is 4.69. The number of carbonyl (C=O) groups is 1. The number of carbonyl (C=O) groups excluding carboxylic acids is 1. The highest BCUT2D eigenvalue weighted by Crippen LogP contribution is 2.38. The first-order chi connectivity index (χ1) is 28.0. The zero-order chi connectivity index (χ0) is 42.8. The molecule has 58 heavy (non-hydrogen) atoms. The van der Waals surface area contributed by atoms with Gasteiger partial charge in [0.2, 0.25) is 5.91 Å². The fourth-order valence-electron chi connectivity index (χ4n) is 6.99. The minimum atomic E-state index is -4.56. The number of phosphoric ester groups is 1. The van der Waals surface area contributed by atoms with Gasteiger partial charge in [-0.15, -0.1) is 0 Å². The number of hydrogen-bond donors (Lipinski definition) is 2. The van der Waals surface area contributed by atoms with Crippen molar-refractivity contribution in [2.45, 2.75) is 231 Å². The van der Waals surface area contributed by atoms with E-state index in [0.29, 0.717) is 23.9 Å². The Kier molecular flexibility index (Phi) is 40.2. The number of allylic oxidation sites excluding steroid dienone is 6. The number of nitrogens with one attached hydrogen (secondary N) is 1. The molecular weight excluding hydrogens is 744 g/mol. The maximum Gasteiger partial charge on any atom is 0.268 e. The van der Waals surface area contributed by atoms with Gasteiger partial charge in [-0.05, 0) is 51.4 Å². The summed E-state index contributed by atoms with van der Waals surface area (Å²) in [7, 11) is 1.30. The molecule has 0 saturated heterocycles. The Morgan fingerprint density at radius 3 is 1.45 bits per heavy atom. The van der Waals surface area contributed by atoms with Crippen molar-refractivity contribution in [2.75, 3.05) is 40.9 Å². The third kappa shape index (κ3) is 42.8. The van der Waals surface area contributed by atoms with Crippen molar-refractivity contribution in [3.05, 3.63) is 36.5 Å². The molecule has 342 valence electrons. The summed E-state index contributed by atoms with van der Waals surface area (Å²) in [5.74, 6) is -0.170. The summed E-state index contributed by atoms with van der Waals surface area (Å²) in [6, 6.07) is -0.801. The number of quaternary nitrogens is 1. The molecule has 0 aliphatic heterocycles. The molecule has 0 aromatic rings. The molecular formula is C49H95N2O6P. The van der Waals surface area contributed by atoms with Crippen molar-refractivity contribution >= 4 is 13.7 Å². The summed E-state index contributed by atoms with van der Waals surface area (Å²) in [4.78, 5) is 25.3. The molecule has 3 unspecified atom stereocenters. The van der Waals surface area contributed by atoms with Gasteiger partial charge < -0.3 is 28.8 Å². The largest absolute Gasteiger partial charge is 0.756 e. The van der Waals surface area contributed by atoms with Gasteiger partial charge in [0.25, 0.3) is 7.82 Å². The van der Waals surface area contributed by atoms with Crippen molar-refractivity contribution in [1.29, 1.82) is 0 Å². The van der Waals surface area contributed by atoms with E-state index in [1.54, 1.807) is 0 Å². The second kappa shape index (κ2) is 41.1. The molecule has 0 fully saturated rings. The molecule has 0 heterocycles. The lowest BCUT2D eigenvalue weighted by Crippen LogP contribution is -2.46. The number of nitrogens with zero attached hydrogens (tertiary/aromatic N) is 1. The van der Waals surface area contributed by atoms with E-state index in [-0.39, 0.29) is 19.1 Å². The van der Waals surface area contributed by atoms with Crippen LogP contribution in [0.2, 0.25) is 0 Å². The van der Waals surface area contributed by atoms with Gasteiger partial charge in [-0.3, -0.25) is 9.36 Å². The third-order valence-corrected chi connectivity index (χ3v) is 11.8. The molecule has 0 spiro atoms. The van der Waals surface area contributed by atoms with Crippen molar-refractivity contribution in [1.82, 2.24) is 5.32 Å². The smallest absolute Gasteiger partial charge is 0.268 e. The van der Waals surface area contributed by atoms with E-state index in [1.165, 1.54) is 141 Å². The monoisotopic (exact) mass is 839 g/mol. The normalized spacial score (nSPS) is 14.5. The highest BCUT2D eigenvalue weighted by atomic mass is 31.2. The maximum absolute atomic E-state index is 12.9. The molecule has 9 heteroatoms. The molecule has 2 N–H and O–H groups in total. The van der Waals surface area contributed by atoms with Crippen LogP contribution in [0, 0.1) is 0 Å². The topological polar surface area (TPSA) is 108 Å². The van der Waals surface area contributed by atoms with Crippen LogP contribution in [-0.2, 0) is 18.4 Å². The Labute approximate surface area is 359 Å². The highest BCUT2D eigenvalue weighted by molar-refractivity contribution is 7.45. The Morgan fingerprint density at radius 2 is 1.00 bits per heavy atom. The molecule has 0 saturated carbocycles. The van der Waals surface area contributed by atoms with Gasteiger partial charge in [0, 0.05) is 6.42 Å². The van der Waals surface area contributed by atoms with Crippen LogP contribution in [0.15, 0.2) is 36.5 Å². The first-order valence-corrected chi connectivity index (χ1v) is 25.8. The molecule has 3 atom stereocenters. The van der Waals surface area contributed by atoms with Crippen LogP contribution in [0.1, 0.15) is 219 Å². The average molecular weight is 839 g/mol. The number of aliphatic hydroxyl groups excluding tert-OH is 1. The molecule has 8 nitrogen and oxygen atoms in total. The molecule has 0 rings (SSSR count). The number of amides is 1. The Hall–Kier alpha value is -1.28. The number of unbranched alkanes of at least 4 members (excludes halogenated alkanes) is 25. The molecule has 0 bridgehead atoms. The van der Waals surface area contributed by atoms with Crippen molar-refractivity contribution < 1.29 is 32.9 Å². The third-order valence-electron chi connectivity index (χ3n) is 10.9.